The molecule has 1 aliphatic carbocycles. The van der Waals surface area contributed by atoms with Crippen molar-refractivity contribution in [3.63, 3.8) is 0 Å². The zero-order chi connectivity index (χ0) is 8.97. The lowest BCUT2D eigenvalue weighted by Crippen LogP contribution is -2.41. The highest BCUT2D eigenvalue weighted by Gasteiger charge is 2.26. The van der Waals surface area contributed by atoms with Crippen molar-refractivity contribution in [3.05, 3.63) is 0 Å². The van der Waals surface area contributed by atoms with Crippen LogP contribution in [0.1, 0.15) is 19.3 Å². The van der Waals surface area contributed by atoms with Crippen LogP contribution in [0.25, 0.3) is 0 Å². The number of carbonyl (C=O) groups excluding carboxylic acids is 1. The molecule has 1 rings (SSSR count). The summed E-state index contributed by atoms with van der Waals surface area (Å²) in [5, 5.41) is 3.08. The highest BCUT2D eigenvalue weighted by atomic mass is 16.5. The van der Waals surface area contributed by atoms with E-state index in [1.165, 1.54) is 0 Å². The number of nitrogens with two attached hydrogens (primary N) is 1. The summed E-state index contributed by atoms with van der Waals surface area (Å²) in [4.78, 5) is 10.5. The van der Waals surface area contributed by atoms with Crippen LogP contribution < -0.4 is 11.1 Å². The van der Waals surface area contributed by atoms with Crippen LogP contribution in [0.2, 0.25) is 0 Å². The van der Waals surface area contributed by atoms with Gasteiger partial charge in [-0.3, -0.25) is 4.79 Å². The Bertz CT molecular complexity index is 161. The van der Waals surface area contributed by atoms with Crippen LogP contribution in [0.15, 0.2) is 0 Å². The van der Waals surface area contributed by atoms with E-state index in [2.05, 4.69) is 5.32 Å². The Balaban J connectivity index is 2.26. The fourth-order valence-corrected chi connectivity index (χ4v) is 1.67. The molecule has 3 N–H and O–H groups in total. The van der Waals surface area contributed by atoms with E-state index in [1.54, 1.807) is 7.11 Å². The molecule has 1 saturated carbocycles. The van der Waals surface area contributed by atoms with Crippen LogP contribution in [0.5, 0.6) is 0 Å². The first-order valence-corrected chi connectivity index (χ1v) is 4.28. The number of carbonyl (C=O) groups is 1. The average Bonchev–Trinajstić information content (AvgIpc) is 2.47. The summed E-state index contributed by atoms with van der Waals surface area (Å²) in [6.45, 7) is 0.254. The van der Waals surface area contributed by atoms with Crippen LogP contribution in [0.3, 0.4) is 0 Å². The van der Waals surface area contributed by atoms with Gasteiger partial charge in [0.15, 0.2) is 0 Å². The van der Waals surface area contributed by atoms with E-state index in [4.69, 9.17) is 10.5 Å². The van der Waals surface area contributed by atoms with E-state index >= 15 is 0 Å². The van der Waals surface area contributed by atoms with Crippen molar-refractivity contribution in [1.29, 1.82) is 0 Å². The Morgan fingerprint density at radius 1 is 1.67 bits per heavy atom. The molecule has 4 heteroatoms. The molecule has 2 atom stereocenters. The minimum atomic E-state index is -0.309. The molecule has 1 aliphatic rings. The fraction of sp³-hybridized carbons (Fsp3) is 0.875. The lowest BCUT2D eigenvalue weighted by Gasteiger charge is -2.18. The standard InChI is InChI=1S/C8H16N2O2/c1-12-7-4-2-3-6(7)10-5-8(9)11/h6-7,10H,2-5H2,1H3,(H2,9,11). The zero-order valence-electron chi connectivity index (χ0n) is 7.38. The van der Waals surface area contributed by atoms with E-state index in [9.17, 15) is 4.79 Å². The van der Waals surface area contributed by atoms with Crippen LogP contribution in [0, 0.1) is 0 Å². The summed E-state index contributed by atoms with van der Waals surface area (Å²) in [5.74, 6) is -0.309. The van der Waals surface area contributed by atoms with Crippen molar-refractivity contribution < 1.29 is 9.53 Å². The van der Waals surface area contributed by atoms with Gasteiger partial charge in [0.2, 0.25) is 5.91 Å². The maximum absolute atomic E-state index is 10.5. The molecule has 0 heterocycles. The maximum Gasteiger partial charge on any atom is 0.231 e. The molecule has 2 unspecified atom stereocenters. The topological polar surface area (TPSA) is 64.3 Å². The maximum atomic E-state index is 10.5. The molecular weight excluding hydrogens is 156 g/mol. The second-order valence-electron chi connectivity index (χ2n) is 3.16. The summed E-state index contributed by atoms with van der Waals surface area (Å²) in [6, 6.07) is 0.308. The number of nitrogens with one attached hydrogen (secondary N) is 1. The lowest BCUT2D eigenvalue weighted by molar-refractivity contribution is -0.117. The predicted octanol–water partition coefficient (Wildman–Crippen LogP) is -0.371. The van der Waals surface area contributed by atoms with E-state index < -0.39 is 0 Å². The SMILES string of the molecule is COC1CCCC1NCC(N)=O. The lowest BCUT2D eigenvalue weighted by atomic mass is 10.2. The number of primary amides is 1. The number of ether oxygens (including phenoxy) is 1. The summed E-state index contributed by atoms with van der Waals surface area (Å²) >= 11 is 0. The van der Waals surface area contributed by atoms with Crippen LogP contribution in [0.4, 0.5) is 0 Å². The van der Waals surface area contributed by atoms with Gasteiger partial charge in [-0.1, -0.05) is 0 Å². The van der Waals surface area contributed by atoms with Gasteiger partial charge in [-0.2, -0.15) is 0 Å². The Labute approximate surface area is 72.5 Å². The van der Waals surface area contributed by atoms with Gasteiger partial charge in [0, 0.05) is 13.2 Å². The molecule has 0 aromatic heterocycles. The molecule has 0 aromatic carbocycles. The third kappa shape index (κ3) is 2.46. The fourth-order valence-electron chi connectivity index (χ4n) is 1.67. The number of rotatable bonds is 4. The normalized spacial score (nSPS) is 29.1. The molecule has 12 heavy (non-hydrogen) atoms. The highest BCUT2D eigenvalue weighted by Crippen LogP contribution is 2.20. The third-order valence-electron chi connectivity index (χ3n) is 2.29. The van der Waals surface area contributed by atoms with Crippen molar-refractivity contribution in [2.24, 2.45) is 5.73 Å². The van der Waals surface area contributed by atoms with Crippen molar-refractivity contribution in [3.8, 4) is 0 Å². The number of hydrogen-bond acceptors (Lipinski definition) is 3. The van der Waals surface area contributed by atoms with E-state index in [0.717, 1.165) is 19.3 Å². The Morgan fingerprint density at radius 3 is 3.00 bits per heavy atom. The van der Waals surface area contributed by atoms with E-state index in [0.29, 0.717) is 6.04 Å². The van der Waals surface area contributed by atoms with E-state index in [-0.39, 0.29) is 18.6 Å². The molecule has 0 saturated heterocycles. The first-order chi connectivity index (χ1) is 5.74. The second kappa shape index (κ2) is 4.42. The van der Waals surface area contributed by atoms with Gasteiger partial charge in [-0.25, -0.2) is 0 Å². The van der Waals surface area contributed by atoms with Crippen LogP contribution in [-0.2, 0) is 9.53 Å². The molecule has 4 nitrogen and oxygen atoms in total. The number of methoxy groups -OCH3 is 1. The molecule has 1 amide bonds. The Hall–Kier alpha value is -0.610. The minimum Gasteiger partial charge on any atom is -0.380 e. The van der Waals surface area contributed by atoms with Gasteiger partial charge in [0.25, 0.3) is 0 Å². The molecular formula is C8H16N2O2. The Kier molecular flexibility index (Phi) is 3.49. The van der Waals surface area contributed by atoms with Crippen molar-refractivity contribution in [2.75, 3.05) is 13.7 Å². The van der Waals surface area contributed by atoms with Crippen molar-refractivity contribution in [2.45, 2.75) is 31.4 Å². The summed E-state index contributed by atoms with van der Waals surface area (Å²) in [6.07, 6.45) is 3.57. The smallest absolute Gasteiger partial charge is 0.231 e. The molecule has 0 radical (unpaired) electrons. The van der Waals surface area contributed by atoms with Gasteiger partial charge in [-0.05, 0) is 19.3 Å². The zero-order valence-corrected chi connectivity index (χ0v) is 7.38. The molecule has 0 spiro atoms. The average molecular weight is 172 g/mol. The molecule has 0 bridgehead atoms. The van der Waals surface area contributed by atoms with Crippen molar-refractivity contribution in [1.82, 2.24) is 5.32 Å². The minimum absolute atomic E-state index is 0.254. The van der Waals surface area contributed by atoms with Gasteiger partial charge in [0.05, 0.1) is 12.6 Å². The first kappa shape index (κ1) is 9.48. The largest absolute Gasteiger partial charge is 0.380 e. The van der Waals surface area contributed by atoms with Gasteiger partial charge in [0.1, 0.15) is 0 Å². The van der Waals surface area contributed by atoms with Crippen LogP contribution >= 0.6 is 0 Å². The summed E-state index contributed by atoms with van der Waals surface area (Å²) < 4.78 is 5.24. The van der Waals surface area contributed by atoms with Crippen LogP contribution in [-0.4, -0.2) is 31.7 Å². The van der Waals surface area contributed by atoms with Gasteiger partial charge >= 0.3 is 0 Å². The summed E-state index contributed by atoms with van der Waals surface area (Å²) in [7, 11) is 1.70. The predicted molar refractivity (Wildman–Crippen MR) is 45.6 cm³/mol. The summed E-state index contributed by atoms with van der Waals surface area (Å²) in [5.41, 5.74) is 5.02. The van der Waals surface area contributed by atoms with E-state index in [1.807, 2.05) is 0 Å². The quantitative estimate of drug-likeness (QED) is 0.608. The van der Waals surface area contributed by atoms with Gasteiger partial charge in [-0.15, -0.1) is 0 Å². The van der Waals surface area contributed by atoms with Crippen molar-refractivity contribution >= 4 is 5.91 Å². The molecule has 70 valence electrons. The number of hydrogen-bond donors (Lipinski definition) is 2. The monoisotopic (exact) mass is 172 g/mol. The highest BCUT2D eigenvalue weighted by molar-refractivity contribution is 5.75. The molecule has 0 aliphatic heterocycles. The first-order valence-electron chi connectivity index (χ1n) is 4.28. The Morgan fingerprint density at radius 2 is 2.42 bits per heavy atom. The number of amides is 1. The second-order valence-corrected chi connectivity index (χ2v) is 3.16. The third-order valence-corrected chi connectivity index (χ3v) is 2.29. The molecule has 1 fully saturated rings. The molecule has 0 aromatic rings. The van der Waals surface area contributed by atoms with Gasteiger partial charge < -0.3 is 15.8 Å².